The molecule has 0 atom stereocenters. The maximum absolute atomic E-state index is 13.0. The van der Waals surface area contributed by atoms with Gasteiger partial charge in [0.1, 0.15) is 0 Å². The molecule has 33 heavy (non-hydrogen) atoms. The van der Waals surface area contributed by atoms with Crippen LogP contribution in [0.1, 0.15) is 11.1 Å². The highest BCUT2D eigenvalue weighted by molar-refractivity contribution is 7.89. The van der Waals surface area contributed by atoms with Gasteiger partial charge in [-0.3, -0.25) is 4.90 Å². The summed E-state index contributed by atoms with van der Waals surface area (Å²) in [6.45, 7) is 6.44. The number of nitrogens with zero attached hydrogens (tertiary/aromatic N) is 4. The first-order valence-corrected chi connectivity index (χ1v) is 12.4. The third-order valence-electron chi connectivity index (χ3n) is 6.01. The molecule has 1 aromatic heterocycles. The number of piperazine rings is 1. The van der Waals surface area contributed by atoms with Crippen LogP contribution >= 0.6 is 12.2 Å². The lowest BCUT2D eigenvalue weighted by molar-refractivity contribution is 0.143. The smallest absolute Gasteiger partial charge is 0.288 e. The molecule has 2 aliphatic rings. The summed E-state index contributed by atoms with van der Waals surface area (Å²) in [4.78, 5) is 2.70. The lowest BCUT2D eigenvalue weighted by Gasteiger charge is -2.33. The first-order valence-electron chi connectivity index (χ1n) is 10.6. The summed E-state index contributed by atoms with van der Waals surface area (Å²) in [5, 5.41) is 4.51. The average molecular weight is 489 g/mol. The zero-order valence-electron chi connectivity index (χ0n) is 18.4. The lowest BCUT2D eigenvalue weighted by Crippen LogP contribution is -2.48. The van der Waals surface area contributed by atoms with Gasteiger partial charge in [-0.15, -0.1) is 5.10 Å². The molecule has 5 rings (SSSR count). The second-order valence-corrected chi connectivity index (χ2v) is 10.4. The summed E-state index contributed by atoms with van der Waals surface area (Å²) in [6.07, 6.45) is 0. The number of fused-ring (bicyclic) bond motifs is 1. The Bertz CT molecular complexity index is 1360. The Morgan fingerprint density at radius 2 is 1.73 bits per heavy atom. The summed E-state index contributed by atoms with van der Waals surface area (Å²) in [6, 6.07) is 10.7. The highest BCUT2D eigenvalue weighted by Crippen LogP contribution is 2.35. The molecule has 3 heterocycles. The van der Waals surface area contributed by atoms with Crippen molar-refractivity contribution in [2.45, 2.75) is 25.4 Å². The van der Waals surface area contributed by atoms with Crippen molar-refractivity contribution in [2.75, 3.05) is 33.0 Å². The van der Waals surface area contributed by atoms with Gasteiger partial charge in [0.05, 0.1) is 11.6 Å². The van der Waals surface area contributed by atoms with Gasteiger partial charge in [0.15, 0.2) is 11.5 Å². The summed E-state index contributed by atoms with van der Waals surface area (Å²) >= 11 is 5.35. The van der Waals surface area contributed by atoms with Crippen molar-refractivity contribution in [3.05, 3.63) is 52.4 Å². The molecule has 2 aromatic carbocycles. The lowest BCUT2D eigenvalue weighted by atomic mass is 10.1. The molecule has 0 amide bonds. The summed E-state index contributed by atoms with van der Waals surface area (Å²) < 4.78 is 45.7. The van der Waals surface area contributed by atoms with Crippen LogP contribution in [0.2, 0.25) is 0 Å². The van der Waals surface area contributed by atoms with Crippen LogP contribution in [0.4, 0.5) is 0 Å². The van der Waals surface area contributed by atoms with Crippen LogP contribution in [-0.4, -0.2) is 60.4 Å². The largest absolute Gasteiger partial charge is 0.454 e. The fourth-order valence-corrected chi connectivity index (χ4v) is 5.55. The van der Waals surface area contributed by atoms with E-state index in [-0.39, 0.29) is 11.6 Å². The quantitative estimate of drug-likeness (QED) is 0.506. The van der Waals surface area contributed by atoms with E-state index in [9.17, 15) is 8.42 Å². The normalized spacial score (nSPS) is 16.9. The van der Waals surface area contributed by atoms with Gasteiger partial charge >= 0.3 is 0 Å². The number of sulfonamides is 1. The molecule has 0 spiro atoms. The van der Waals surface area contributed by atoms with Crippen LogP contribution in [0.25, 0.3) is 11.5 Å². The zero-order valence-corrected chi connectivity index (χ0v) is 20.0. The Hall–Kier alpha value is -2.73. The average Bonchev–Trinajstić information content (AvgIpc) is 3.42. The van der Waals surface area contributed by atoms with Gasteiger partial charge in [-0.05, 0) is 67.5 Å². The van der Waals surface area contributed by atoms with Crippen molar-refractivity contribution >= 4 is 22.2 Å². The molecule has 3 aromatic rings. The van der Waals surface area contributed by atoms with Gasteiger partial charge in [0.2, 0.25) is 22.7 Å². The summed E-state index contributed by atoms with van der Waals surface area (Å²) in [5.41, 5.74) is 2.78. The minimum atomic E-state index is -3.52. The molecule has 0 aliphatic carbocycles. The van der Waals surface area contributed by atoms with E-state index in [1.807, 2.05) is 38.1 Å². The Morgan fingerprint density at radius 3 is 2.48 bits per heavy atom. The molecule has 0 unspecified atom stereocenters. The first-order chi connectivity index (χ1) is 15.8. The Kier molecular flexibility index (Phi) is 5.73. The predicted molar refractivity (Wildman–Crippen MR) is 123 cm³/mol. The van der Waals surface area contributed by atoms with Crippen molar-refractivity contribution in [2.24, 2.45) is 0 Å². The standard InChI is InChI=1S/C22H24N4O5S2/c1-15-3-5-18(11-16(15)2)33(27,28)25-9-7-24(8-10-25)13-26-22(32)31-21(23-26)17-4-6-19-20(12-17)30-14-29-19/h3-6,11-12H,7-10,13-14H2,1-2H3. The van der Waals surface area contributed by atoms with Crippen LogP contribution in [-0.2, 0) is 16.7 Å². The Balaban J connectivity index is 1.25. The van der Waals surface area contributed by atoms with E-state index in [1.54, 1.807) is 16.8 Å². The van der Waals surface area contributed by atoms with E-state index in [0.29, 0.717) is 55.1 Å². The van der Waals surface area contributed by atoms with Crippen LogP contribution in [0.5, 0.6) is 11.5 Å². The molecule has 9 nitrogen and oxygen atoms in total. The van der Waals surface area contributed by atoms with Crippen molar-refractivity contribution in [1.82, 2.24) is 19.0 Å². The second kappa shape index (κ2) is 8.56. The number of ether oxygens (including phenoxy) is 2. The van der Waals surface area contributed by atoms with E-state index in [0.717, 1.165) is 16.7 Å². The molecule has 0 bridgehead atoms. The summed E-state index contributed by atoms with van der Waals surface area (Å²) in [7, 11) is -3.52. The van der Waals surface area contributed by atoms with E-state index >= 15 is 0 Å². The van der Waals surface area contributed by atoms with Crippen LogP contribution in [0.15, 0.2) is 45.7 Å². The third-order valence-corrected chi connectivity index (χ3v) is 8.20. The maximum atomic E-state index is 13.0. The van der Waals surface area contributed by atoms with E-state index in [4.69, 9.17) is 26.1 Å². The predicted octanol–water partition coefficient (Wildman–Crippen LogP) is 3.18. The van der Waals surface area contributed by atoms with Crippen molar-refractivity contribution < 1.29 is 22.3 Å². The molecule has 174 valence electrons. The van der Waals surface area contributed by atoms with Crippen molar-refractivity contribution in [3.63, 3.8) is 0 Å². The molecule has 0 N–H and O–H groups in total. The maximum Gasteiger partial charge on any atom is 0.288 e. The van der Waals surface area contributed by atoms with Gasteiger partial charge in [0.25, 0.3) is 4.84 Å². The molecule has 2 aliphatic heterocycles. The number of aromatic nitrogens is 2. The third kappa shape index (κ3) is 4.29. The van der Waals surface area contributed by atoms with Crippen LogP contribution in [0, 0.1) is 18.7 Å². The van der Waals surface area contributed by atoms with Gasteiger partial charge in [-0.25, -0.2) is 13.1 Å². The first kappa shape index (κ1) is 22.1. The molecule has 0 radical (unpaired) electrons. The fourth-order valence-electron chi connectivity index (χ4n) is 3.87. The van der Waals surface area contributed by atoms with Crippen molar-refractivity contribution in [1.29, 1.82) is 0 Å². The van der Waals surface area contributed by atoms with E-state index in [2.05, 4.69) is 10.00 Å². The highest BCUT2D eigenvalue weighted by Gasteiger charge is 2.29. The Morgan fingerprint density at radius 1 is 0.970 bits per heavy atom. The van der Waals surface area contributed by atoms with E-state index in [1.165, 1.54) is 4.31 Å². The van der Waals surface area contributed by atoms with Gasteiger partial charge in [0, 0.05) is 31.7 Å². The minimum absolute atomic E-state index is 0.196. The number of rotatable bonds is 5. The summed E-state index contributed by atoms with van der Waals surface area (Å²) in [5.74, 6) is 1.73. The molecular weight excluding hydrogens is 464 g/mol. The Labute approximate surface area is 197 Å². The van der Waals surface area contributed by atoms with Crippen LogP contribution in [0.3, 0.4) is 0 Å². The molecule has 11 heteroatoms. The second-order valence-electron chi connectivity index (χ2n) is 8.15. The number of benzene rings is 2. The SMILES string of the molecule is Cc1ccc(S(=O)(=O)N2CCN(Cn3nc(-c4ccc5c(c4)OCO5)oc3=S)CC2)cc1C. The van der Waals surface area contributed by atoms with Gasteiger partial charge in [-0.2, -0.15) is 4.31 Å². The monoisotopic (exact) mass is 488 g/mol. The molecular formula is C22H24N4O5S2. The van der Waals surface area contributed by atoms with Gasteiger partial charge < -0.3 is 13.9 Å². The molecule has 0 saturated carbocycles. The minimum Gasteiger partial charge on any atom is -0.454 e. The number of hydrogen-bond acceptors (Lipinski definition) is 8. The van der Waals surface area contributed by atoms with Gasteiger partial charge in [-0.1, -0.05) is 6.07 Å². The van der Waals surface area contributed by atoms with Crippen LogP contribution < -0.4 is 9.47 Å². The molecule has 1 fully saturated rings. The number of hydrogen-bond donors (Lipinski definition) is 0. The zero-order chi connectivity index (χ0) is 23.2. The number of aryl methyl sites for hydroxylation is 2. The highest BCUT2D eigenvalue weighted by atomic mass is 32.2. The molecule has 1 saturated heterocycles. The van der Waals surface area contributed by atoms with E-state index < -0.39 is 10.0 Å². The fraction of sp³-hybridized carbons (Fsp3) is 0.364. The topological polar surface area (TPSA) is 90.0 Å². The van der Waals surface area contributed by atoms with Crippen molar-refractivity contribution in [3.8, 4) is 23.0 Å².